The van der Waals surface area contributed by atoms with Crippen molar-refractivity contribution in [3.63, 3.8) is 0 Å². The Labute approximate surface area is 99.9 Å². The van der Waals surface area contributed by atoms with Gasteiger partial charge >= 0.3 is 0 Å². The number of rotatable bonds is 0. The van der Waals surface area contributed by atoms with E-state index in [1.807, 2.05) is 49.4 Å². The monoisotopic (exact) mass is 224 g/mol. The lowest BCUT2D eigenvalue weighted by atomic mass is 9.96. The SMILES string of the molecule is Cc1cccc2c1C(=O)c1ccccc1CO2. The first kappa shape index (κ1) is 10.1. The van der Waals surface area contributed by atoms with Gasteiger partial charge in [0.05, 0.1) is 5.56 Å². The van der Waals surface area contributed by atoms with Gasteiger partial charge in [-0.1, -0.05) is 36.4 Å². The molecule has 1 aliphatic heterocycles. The summed E-state index contributed by atoms with van der Waals surface area (Å²) in [4.78, 5) is 12.5. The summed E-state index contributed by atoms with van der Waals surface area (Å²) in [5.74, 6) is 0.748. The molecule has 2 nitrogen and oxygen atoms in total. The predicted octanol–water partition coefficient (Wildman–Crippen LogP) is 3.12. The highest BCUT2D eigenvalue weighted by molar-refractivity contribution is 6.12. The minimum Gasteiger partial charge on any atom is -0.488 e. The van der Waals surface area contributed by atoms with E-state index in [-0.39, 0.29) is 5.78 Å². The quantitative estimate of drug-likeness (QED) is 0.687. The second-order valence-corrected chi connectivity index (χ2v) is 4.22. The molecular formula is C15H12O2. The molecule has 17 heavy (non-hydrogen) atoms. The fourth-order valence-corrected chi connectivity index (χ4v) is 2.21. The maximum Gasteiger partial charge on any atom is 0.197 e. The minimum absolute atomic E-state index is 0.0613. The lowest BCUT2D eigenvalue weighted by molar-refractivity contribution is 0.103. The molecule has 0 bridgehead atoms. The summed E-state index contributed by atoms with van der Waals surface area (Å²) in [7, 11) is 0. The van der Waals surface area contributed by atoms with E-state index in [1.54, 1.807) is 0 Å². The van der Waals surface area contributed by atoms with Gasteiger partial charge in [-0.25, -0.2) is 0 Å². The van der Waals surface area contributed by atoms with Crippen LogP contribution < -0.4 is 4.74 Å². The molecule has 0 unspecified atom stereocenters. The van der Waals surface area contributed by atoms with Gasteiger partial charge < -0.3 is 4.74 Å². The van der Waals surface area contributed by atoms with E-state index in [9.17, 15) is 4.79 Å². The molecule has 0 N–H and O–H groups in total. The first-order chi connectivity index (χ1) is 8.27. The molecule has 0 amide bonds. The van der Waals surface area contributed by atoms with Crippen molar-refractivity contribution in [2.24, 2.45) is 0 Å². The van der Waals surface area contributed by atoms with E-state index >= 15 is 0 Å². The van der Waals surface area contributed by atoms with Gasteiger partial charge in [0, 0.05) is 11.1 Å². The van der Waals surface area contributed by atoms with Crippen LogP contribution in [0.15, 0.2) is 42.5 Å². The molecule has 1 aliphatic rings. The number of ether oxygens (including phenoxy) is 1. The molecular weight excluding hydrogens is 212 g/mol. The van der Waals surface area contributed by atoms with Crippen LogP contribution in [0, 0.1) is 6.92 Å². The van der Waals surface area contributed by atoms with Crippen molar-refractivity contribution in [2.45, 2.75) is 13.5 Å². The topological polar surface area (TPSA) is 26.3 Å². The van der Waals surface area contributed by atoms with Crippen LogP contribution in [0.3, 0.4) is 0 Å². The Morgan fingerprint density at radius 2 is 1.88 bits per heavy atom. The Morgan fingerprint density at radius 3 is 2.76 bits per heavy atom. The average molecular weight is 224 g/mol. The molecule has 0 aliphatic carbocycles. The molecule has 0 atom stereocenters. The summed E-state index contributed by atoms with van der Waals surface area (Å²) >= 11 is 0. The van der Waals surface area contributed by atoms with Gasteiger partial charge in [-0.2, -0.15) is 0 Å². The Kier molecular flexibility index (Phi) is 2.22. The maximum atomic E-state index is 12.5. The summed E-state index contributed by atoms with van der Waals surface area (Å²) < 4.78 is 5.71. The highest BCUT2D eigenvalue weighted by Gasteiger charge is 2.22. The molecule has 84 valence electrons. The molecule has 2 aromatic carbocycles. The molecule has 2 heteroatoms. The van der Waals surface area contributed by atoms with Gasteiger partial charge in [-0.15, -0.1) is 0 Å². The van der Waals surface area contributed by atoms with Crippen LogP contribution in [0.25, 0.3) is 0 Å². The van der Waals surface area contributed by atoms with Gasteiger partial charge in [0.2, 0.25) is 0 Å². The first-order valence-corrected chi connectivity index (χ1v) is 5.62. The van der Waals surface area contributed by atoms with Gasteiger partial charge in [-0.05, 0) is 18.6 Å². The molecule has 0 radical (unpaired) electrons. The van der Waals surface area contributed by atoms with Crippen molar-refractivity contribution in [1.82, 2.24) is 0 Å². The molecule has 0 fully saturated rings. The Bertz CT molecular complexity index is 600. The van der Waals surface area contributed by atoms with Crippen LogP contribution in [-0.4, -0.2) is 5.78 Å². The third kappa shape index (κ3) is 1.53. The lowest BCUT2D eigenvalue weighted by Crippen LogP contribution is -2.04. The van der Waals surface area contributed by atoms with E-state index in [0.717, 1.165) is 16.7 Å². The zero-order valence-electron chi connectivity index (χ0n) is 9.57. The second-order valence-electron chi connectivity index (χ2n) is 4.22. The summed E-state index contributed by atoms with van der Waals surface area (Å²) in [6.07, 6.45) is 0. The molecule has 0 aromatic heterocycles. The first-order valence-electron chi connectivity index (χ1n) is 5.62. The summed E-state index contributed by atoms with van der Waals surface area (Å²) in [5, 5.41) is 0. The summed E-state index contributed by atoms with van der Waals surface area (Å²) in [6.45, 7) is 2.40. The van der Waals surface area contributed by atoms with Crippen molar-refractivity contribution >= 4 is 5.78 Å². The van der Waals surface area contributed by atoms with Gasteiger partial charge in [0.1, 0.15) is 12.4 Å². The minimum atomic E-state index is 0.0613. The van der Waals surface area contributed by atoms with Crippen molar-refractivity contribution in [3.05, 3.63) is 64.7 Å². The highest BCUT2D eigenvalue weighted by Crippen LogP contribution is 2.30. The normalized spacial score (nSPS) is 13.4. The number of aryl methyl sites for hydroxylation is 1. The fraction of sp³-hybridized carbons (Fsp3) is 0.133. The zero-order valence-corrected chi connectivity index (χ0v) is 9.57. The average Bonchev–Trinajstić information content (AvgIpc) is 2.49. The molecule has 1 heterocycles. The lowest BCUT2D eigenvalue weighted by Gasteiger charge is -2.07. The van der Waals surface area contributed by atoms with E-state index in [2.05, 4.69) is 0 Å². The Morgan fingerprint density at radius 1 is 1.06 bits per heavy atom. The third-order valence-electron chi connectivity index (χ3n) is 3.11. The largest absolute Gasteiger partial charge is 0.488 e. The highest BCUT2D eigenvalue weighted by atomic mass is 16.5. The van der Waals surface area contributed by atoms with Gasteiger partial charge in [0.15, 0.2) is 5.78 Å². The smallest absolute Gasteiger partial charge is 0.197 e. The Hall–Kier alpha value is -2.09. The van der Waals surface area contributed by atoms with Crippen LogP contribution >= 0.6 is 0 Å². The van der Waals surface area contributed by atoms with Crippen LogP contribution in [-0.2, 0) is 6.61 Å². The van der Waals surface area contributed by atoms with Gasteiger partial charge in [0.25, 0.3) is 0 Å². The number of hydrogen-bond acceptors (Lipinski definition) is 2. The van der Waals surface area contributed by atoms with Crippen molar-refractivity contribution in [1.29, 1.82) is 0 Å². The second kappa shape index (κ2) is 3.74. The molecule has 0 spiro atoms. The number of benzene rings is 2. The standard InChI is InChI=1S/C15H12O2/c1-10-5-4-8-13-14(10)15(16)12-7-3-2-6-11(12)9-17-13/h2-8H,9H2,1H3. The molecule has 0 saturated heterocycles. The number of fused-ring (bicyclic) bond motifs is 2. The van der Waals surface area contributed by atoms with Crippen molar-refractivity contribution in [2.75, 3.05) is 0 Å². The number of ketones is 1. The number of carbonyl (C=O) groups is 1. The van der Waals surface area contributed by atoms with E-state index < -0.39 is 0 Å². The van der Waals surface area contributed by atoms with Crippen molar-refractivity contribution < 1.29 is 9.53 Å². The summed E-state index contributed by atoms with van der Waals surface area (Å²) in [5.41, 5.74) is 3.36. The van der Waals surface area contributed by atoms with Crippen LogP contribution in [0.4, 0.5) is 0 Å². The molecule has 2 aromatic rings. The van der Waals surface area contributed by atoms with Crippen molar-refractivity contribution in [3.8, 4) is 5.75 Å². The third-order valence-corrected chi connectivity index (χ3v) is 3.11. The van der Waals surface area contributed by atoms with E-state index in [4.69, 9.17) is 4.74 Å². The predicted molar refractivity (Wildman–Crippen MR) is 65.4 cm³/mol. The number of carbonyl (C=O) groups excluding carboxylic acids is 1. The van der Waals surface area contributed by atoms with Crippen LogP contribution in [0.1, 0.15) is 27.0 Å². The van der Waals surface area contributed by atoms with Crippen LogP contribution in [0.2, 0.25) is 0 Å². The molecule has 0 saturated carbocycles. The zero-order chi connectivity index (χ0) is 11.8. The molecule has 3 rings (SSSR count). The van der Waals surface area contributed by atoms with E-state index in [1.165, 1.54) is 0 Å². The van der Waals surface area contributed by atoms with Crippen LogP contribution in [0.5, 0.6) is 5.75 Å². The maximum absolute atomic E-state index is 12.5. The number of hydrogen-bond donors (Lipinski definition) is 0. The summed E-state index contributed by atoms with van der Waals surface area (Å²) in [6, 6.07) is 13.3. The van der Waals surface area contributed by atoms with Gasteiger partial charge in [-0.3, -0.25) is 4.79 Å². The van der Waals surface area contributed by atoms with E-state index in [0.29, 0.717) is 17.9 Å². The Balaban J connectivity index is 2.26. The fourth-order valence-electron chi connectivity index (χ4n) is 2.21.